The third kappa shape index (κ3) is 4.99. The number of aliphatic hydroxyl groups excluding tert-OH is 1. The van der Waals surface area contributed by atoms with E-state index >= 15 is 0 Å². The standard InChI is InChI=1S/C28H26N2O5/c1-17(2)35-28(34)21-12-8-19(9-13-21)16-30-24(22-5-4-14-29-15-22)23(26(32)27(30)33)25(31)20-10-6-18(3)7-11-20/h4-15,17,24,31H,16H2,1-3H3/b25-23+. The lowest BCUT2D eigenvalue weighted by molar-refractivity contribution is -0.140. The third-order valence-corrected chi connectivity index (χ3v) is 5.75. The normalized spacial score (nSPS) is 17.1. The highest BCUT2D eigenvalue weighted by atomic mass is 16.5. The van der Waals surface area contributed by atoms with Gasteiger partial charge >= 0.3 is 5.97 Å². The number of ether oxygens (including phenoxy) is 1. The van der Waals surface area contributed by atoms with Crippen molar-refractivity contribution in [2.45, 2.75) is 39.5 Å². The Bertz CT molecular complexity index is 1280. The first-order valence-corrected chi connectivity index (χ1v) is 11.3. The number of aryl methyl sites for hydroxylation is 1. The van der Waals surface area contributed by atoms with Crippen LogP contribution in [-0.4, -0.2) is 38.8 Å². The number of carbonyl (C=O) groups excluding carboxylic acids is 3. The highest BCUT2D eigenvalue weighted by Crippen LogP contribution is 2.40. The monoisotopic (exact) mass is 470 g/mol. The van der Waals surface area contributed by atoms with Gasteiger partial charge in [-0.3, -0.25) is 14.6 Å². The van der Waals surface area contributed by atoms with E-state index in [1.165, 1.54) is 4.90 Å². The number of benzene rings is 2. The van der Waals surface area contributed by atoms with Gasteiger partial charge in [0.25, 0.3) is 11.7 Å². The number of amides is 1. The average molecular weight is 471 g/mol. The van der Waals surface area contributed by atoms with E-state index in [9.17, 15) is 19.5 Å². The molecule has 7 heteroatoms. The first-order valence-electron chi connectivity index (χ1n) is 11.3. The molecule has 0 saturated carbocycles. The fourth-order valence-electron chi connectivity index (χ4n) is 4.02. The predicted molar refractivity (Wildman–Crippen MR) is 130 cm³/mol. The van der Waals surface area contributed by atoms with Gasteiger partial charge in [-0.25, -0.2) is 4.79 Å². The fourth-order valence-corrected chi connectivity index (χ4v) is 4.02. The number of aliphatic hydroxyl groups is 1. The summed E-state index contributed by atoms with van der Waals surface area (Å²) in [6.45, 7) is 5.58. The summed E-state index contributed by atoms with van der Waals surface area (Å²) >= 11 is 0. The largest absolute Gasteiger partial charge is 0.507 e. The lowest BCUT2D eigenvalue weighted by Crippen LogP contribution is -2.29. The molecular weight excluding hydrogens is 444 g/mol. The van der Waals surface area contributed by atoms with Crippen LogP contribution in [0.25, 0.3) is 5.76 Å². The van der Waals surface area contributed by atoms with E-state index in [-0.39, 0.29) is 24.0 Å². The van der Waals surface area contributed by atoms with Gasteiger partial charge in [-0.1, -0.05) is 48.0 Å². The molecule has 1 unspecified atom stereocenters. The van der Waals surface area contributed by atoms with E-state index in [2.05, 4.69) is 4.98 Å². The number of carbonyl (C=O) groups is 3. The Morgan fingerprint density at radius 1 is 1.03 bits per heavy atom. The molecule has 1 saturated heterocycles. The molecule has 1 amide bonds. The summed E-state index contributed by atoms with van der Waals surface area (Å²) in [4.78, 5) is 44.0. The summed E-state index contributed by atoms with van der Waals surface area (Å²) in [5.74, 6) is -2.13. The van der Waals surface area contributed by atoms with Crippen LogP contribution in [0.3, 0.4) is 0 Å². The fraction of sp³-hybridized carbons (Fsp3) is 0.214. The van der Waals surface area contributed by atoms with Gasteiger partial charge in [0.05, 0.1) is 23.3 Å². The zero-order valence-corrected chi connectivity index (χ0v) is 19.8. The van der Waals surface area contributed by atoms with Gasteiger partial charge in [-0.2, -0.15) is 0 Å². The Morgan fingerprint density at radius 3 is 2.29 bits per heavy atom. The molecule has 1 aliphatic rings. The molecule has 7 nitrogen and oxygen atoms in total. The molecule has 35 heavy (non-hydrogen) atoms. The molecule has 0 spiro atoms. The maximum absolute atomic E-state index is 13.1. The summed E-state index contributed by atoms with van der Waals surface area (Å²) in [5.41, 5.74) is 3.20. The zero-order valence-electron chi connectivity index (χ0n) is 19.8. The molecule has 178 valence electrons. The lowest BCUT2D eigenvalue weighted by atomic mass is 9.96. The molecule has 4 rings (SSSR count). The van der Waals surface area contributed by atoms with Crippen LogP contribution in [0.15, 0.2) is 78.6 Å². The van der Waals surface area contributed by atoms with Crippen molar-refractivity contribution in [2.75, 3.05) is 0 Å². The Labute approximate surface area is 203 Å². The molecule has 1 aliphatic heterocycles. The van der Waals surface area contributed by atoms with Crippen LogP contribution in [0.4, 0.5) is 0 Å². The molecule has 1 aromatic heterocycles. The minimum Gasteiger partial charge on any atom is -0.507 e. The van der Waals surface area contributed by atoms with E-state index < -0.39 is 23.7 Å². The summed E-state index contributed by atoms with van der Waals surface area (Å²) in [7, 11) is 0. The molecule has 1 atom stereocenters. The van der Waals surface area contributed by atoms with Gasteiger partial charge in [-0.05, 0) is 50.1 Å². The van der Waals surface area contributed by atoms with Gasteiger partial charge in [0.2, 0.25) is 0 Å². The molecule has 0 radical (unpaired) electrons. The van der Waals surface area contributed by atoms with E-state index in [1.807, 2.05) is 19.1 Å². The second kappa shape index (κ2) is 9.93. The number of nitrogens with zero attached hydrogens (tertiary/aromatic N) is 2. The average Bonchev–Trinajstić information content (AvgIpc) is 3.09. The smallest absolute Gasteiger partial charge is 0.338 e. The highest BCUT2D eigenvalue weighted by Gasteiger charge is 2.46. The Morgan fingerprint density at radius 2 is 1.69 bits per heavy atom. The number of hydrogen-bond donors (Lipinski definition) is 1. The summed E-state index contributed by atoms with van der Waals surface area (Å²) in [6, 6.07) is 16.5. The van der Waals surface area contributed by atoms with E-state index in [0.29, 0.717) is 16.7 Å². The Balaban J connectivity index is 1.71. The summed E-state index contributed by atoms with van der Waals surface area (Å²) in [5, 5.41) is 11.1. The minimum atomic E-state index is -0.810. The first-order chi connectivity index (χ1) is 16.8. The maximum atomic E-state index is 13.1. The van der Waals surface area contributed by atoms with Crippen molar-refractivity contribution < 1.29 is 24.2 Å². The van der Waals surface area contributed by atoms with E-state index in [4.69, 9.17) is 4.74 Å². The summed E-state index contributed by atoms with van der Waals surface area (Å²) in [6.07, 6.45) is 2.95. The molecular formula is C28H26N2O5. The van der Waals surface area contributed by atoms with E-state index in [0.717, 1.165) is 11.1 Å². The predicted octanol–water partition coefficient (Wildman–Crippen LogP) is 4.58. The van der Waals surface area contributed by atoms with Crippen LogP contribution in [0.5, 0.6) is 0 Å². The Hall–Kier alpha value is -4.26. The van der Waals surface area contributed by atoms with Crippen LogP contribution >= 0.6 is 0 Å². The third-order valence-electron chi connectivity index (χ3n) is 5.75. The second-order valence-corrected chi connectivity index (χ2v) is 8.73. The van der Waals surface area contributed by atoms with Crippen molar-refractivity contribution >= 4 is 23.4 Å². The van der Waals surface area contributed by atoms with Gasteiger partial charge in [0.15, 0.2) is 0 Å². The van der Waals surface area contributed by atoms with Crippen molar-refractivity contribution in [3.05, 3.63) is 106 Å². The van der Waals surface area contributed by atoms with E-state index in [1.54, 1.807) is 74.8 Å². The molecule has 0 bridgehead atoms. The number of ketones is 1. The first kappa shape index (κ1) is 23.9. The van der Waals surface area contributed by atoms with Gasteiger partial charge in [0, 0.05) is 24.5 Å². The quantitative estimate of drug-likeness (QED) is 0.245. The molecule has 1 fully saturated rings. The number of aromatic nitrogens is 1. The SMILES string of the molecule is Cc1ccc(/C(O)=C2\C(=O)C(=O)N(Cc3ccc(C(=O)OC(C)C)cc3)C2c2cccnc2)cc1. The molecule has 0 aliphatic carbocycles. The number of pyridine rings is 1. The number of Topliss-reactive ketones (excluding diaryl/α,β-unsaturated/α-hetero) is 1. The van der Waals surface area contributed by atoms with Crippen molar-refractivity contribution in [3.8, 4) is 0 Å². The van der Waals surface area contributed by atoms with Crippen LogP contribution in [0, 0.1) is 6.92 Å². The number of rotatable bonds is 6. The van der Waals surface area contributed by atoms with Crippen molar-refractivity contribution in [1.29, 1.82) is 0 Å². The second-order valence-electron chi connectivity index (χ2n) is 8.73. The molecule has 3 aromatic rings. The number of likely N-dealkylation sites (tertiary alicyclic amines) is 1. The van der Waals surface area contributed by atoms with Crippen LogP contribution in [0.1, 0.15) is 52.5 Å². The molecule has 2 heterocycles. The highest BCUT2D eigenvalue weighted by molar-refractivity contribution is 6.46. The van der Waals surface area contributed by atoms with Gasteiger partial charge < -0.3 is 14.7 Å². The topological polar surface area (TPSA) is 96.8 Å². The summed E-state index contributed by atoms with van der Waals surface area (Å²) < 4.78 is 5.22. The van der Waals surface area contributed by atoms with Crippen LogP contribution in [0.2, 0.25) is 0 Å². The van der Waals surface area contributed by atoms with Crippen LogP contribution < -0.4 is 0 Å². The Kier molecular flexibility index (Phi) is 6.78. The zero-order chi connectivity index (χ0) is 25.1. The number of esters is 1. The van der Waals surface area contributed by atoms with Crippen molar-refractivity contribution in [1.82, 2.24) is 9.88 Å². The lowest BCUT2D eigenvalue weighted by Gasteiger charge is -2.25. The minimum absolute atomic E-state index is 0.0176. The molecule has 1 N–H and O–H groups in total. The molecule has 2 aromatic carbocycles. The van der Waals surface area contributed by atoms with Gasteiger partial charge in [-0.15, -0.1) is 0 Å². The van der Waals surface area contributed by atoms with Crippen LogP contribution in [-0.2, 0) is 20.9 Å². The van der Waals surface area contributed by atoms with Crippen molar-refractivity contribution in [3.63, 3.8) is 0 Å². The maximum Gasteiger partial charge on any atom is 0.338 e. The van der Waals surface area contributed by atoms with Crippen molar-refractivity contribution in [2.24, 2.45) is 0 Å². The van der Waals surface area contributed by atoms with Gasteiger partial charge in [0.1, 0.15) is 5.76 Å². The number of hydrogen-bond acceptors (Lipinski definition) is 6.